The molecule has 1 amide bonds. The smallest absolute Gasteiger partial charge is 0.274 e. The summed E-state index contributed by atoms with van der Waals surface area (Å²) >= 11 is 0. The molecule has 0 fully saturated rings. The predicted octanol–water partition coefficient (Wildman–Crippen LogP) is 6.30. The maximum atomic E-state index is 13.1. The van der Waals surface area contributed by atoms with Crippen LogP contribution >= 0.6 is 0 Å². The van der Waals surface area contributed by atoms with Gasteiger partial charge in [-0.05, 0) is 102 Å². The lowest BCUT2D eigenvalue weighted by atomic mass is 10.1. The molecule has 0 atom stereocenters. The Hall–Kier alpha value is -4.50. The van der Waals surface area contributed by atoms with Gasteiger partial charge < -0.3 is 35.2 Å². The molecular formula is C34H44N6O3. The van der Waals surface area contributed by atoms with Crippen molar-refractivity contribution >= 4 is 23.0 Å². The van der Waals surface area contributed by atoms with E-state index < -0.39 is 5.60 Å². The molecule has 0 saturated heterocycles. The molecule has 228 valence electrons. The average Bonchev–Trinajstić information content (AvgIpc) is 3.41. The van der Waals surface area contributed by atoms with E-state index in [-0.39, 0.29) is 5.91 Å². The van der Waals surface area contributed by atoms with Crippen LogP contribution in [0.4, 0.5) is 17.1 Å². The Balaban J connectivity index is 1.40. The number of nitrogens with zero attached hydrogens (tertiary/aromatic N) is 3. The Bertz CT molecular complexity index is 1430. The van der Waals surface area contributed by atoms with E-state index >= 15 is 0 Å². The van der Waals surface area contributed by atoms with Gasteiger partial charge in [0.15, 0.2) is 5.88 Å². The summed E-state index contributed by atoms with van der Waals surface area (Å²) in [6.45, 7) is 17.2. The molecule has 0 spiro atoms. The number of ether oxygens (including phenoxy) is 2. The van der Waals surface area contributed by atoms with Crippen molar-refractivity contribution in [2.45, 2.75) is 45.8 Å². The van der Waals surface area contributed by atoms with Crippen molar-refractivity contribution in [1.82, 2.24) is 14.8 Å². The van der Waals surface area contributed by atoms with Gasteiger partial charge in [0.05, 0.1) is 23.8 Å². The van der Waals surface area contributed by atoms with Crippen LogP contribution in [-0.4, -0.2) is 60.1 Å². The highest BCUT2D eigenvalue weighted by molar-refractivity contribution is 6.04. The van der Waals surface area contributed by atoms with Crippen molar-refractivity contribution in [2.24, 2.45) is 0 Å². The van der Waals surface area contributed by atoms with Gasteiger partial charge >= 0.3 is 0 Å². The van der Waals surface area contributed by atoms with E-state index in [0.717, 1.165) is 55.4 Å². The molecule has 9 nitrogen and oxygen atoms in total. The second-order valence-corrected chi connectivity index (χ2v) is 11.9. The first kappa shape index (κ1) is 31.4. The molecule has 0 bridgehead atoms. The fourth-order valence-corrected chi connectivity index (χ4v) is 4.70. The minimum Gasteiger partial charge on any atom is -0.493 e. The summed E-state index contributed by atoms with van der Waals surface area (Å²) < 4.78 is 11.4. The van der Waals surface area contributed by atoms with Crippen molar-refractivity contribution in [3.05, 3.63) is 102 Å². The van der Waals surface area contributed by atoms with Crippen molar-refractivity contribution in [1.29, 1.82) is 0 Å². The van der Waals surface area contributed by atoms with Gasteiger partial charge in [0.2, 0.25) is 0 Å². The monoisotopic (exact) mass is 584 g/mol. The van der Waals surface area contributed by atoms with E-state index in [1.165, 1.54) is 5.56 Å². The molecule has 4 rings (SSSR count). The second-order valence-electron chi connectivity index (χ2n) is 11.9. The molecule has 1 aromatic heterocycles. The lowest BCUT2D eigenvalue weighted by Gasteiger charge is -2.28. The summed E-state index contributed by atoms with van der Waals surface area (Å²) in [6.07, 6.45) is 3.63. The van der Waals surface area contributed by atoms with Crippen LogP contribution in [0.15, 0.2) is 85.7 Å². The Morgan fingerprint density at radius 3 is 2.42 bits per heavy atom. The van der Waals surface area contributed by atoms with Gasteiger partial charge in [-0.25, -0.2) is 0 Å². The average molecular weight is 585 g/mol. The highest BCUT2D eigenvalue weighted by Gasteiger charge is 2.17. The van der Waals surface area contributed by atoms with Gasteiger partial charge in [-0.1, -0.05) is 24.8 Å². The molecule has 3 aromatic rings. The standard InChI is InChI=1S/C34H44N6O3/c1-24(36-28-14-16-32-27(21-28)17-20-42-32)40(19-10-18-39(6)7)23-26-13-15-31(35-22-26)33(41)38-30-12-9-8-11-29(30)37-25(2)43-34(3,4)5/h8-9,11-16,21-22,36-37H,1-2,10,17-20,23H2,3-7H3,(H,38,41). The third-order valence-electron chi connectivity index (χ3n) is 6.70. The zero-order valence-electron chi connectivity index (χ0n) is 26.0. The third kappa shape index (κ3) is 9.51. The Kier molecular flexibility index (Phi) is 10.3. The molecule has 2 aromatic carbocycles. The van der Waals surface area contributed by atoms with Gasteiger partial charge in [0, 0.05) is 31.4 Å². The lowest BCUT2D eigenvalue weighted by molar-refractivity contribution is 0.0565. The number of carbonyl (C=O) groups excluding carboxylic acids is 1. The topological polar surface area (TPSA) is 91.0 Å². The van der Waals surface area contributed by atoms with Gasteiger partial charge in [-0.3, -0.25) is 9.78 Å². The number of hydrogen-bond donors (Lipinski definition) is 3. The Morgan fingerprint density at radius 2 is 1.74 bits per heavy atom. The number of para-hydroxylation sites is 2. The fraction of sp³-hybridized carbons (Fsp3) is 0.353. The zero-order chi connectivity index (χ0) is 31.0. The first-order valence-electron chi connectivity index (χ1n) is 14.6. The van der Waals surface area contributed by atoms with Crippen molar-refractivity contribution in [3.63, 3.8) is 0 Å². The van der Waals surface area contributed by atoms with E-state index in [9.17, 15) is 4.79 Å². The lowest BCUT2D eigenvalue weighted by Crippen LogP contribution is -2.29. The summed E-state index contributed by atoms with van der Waals surface area (Å²) in [5.74, 6) is 1.85. The summed E-state index contributed by atoms with van der Waals surface area (Å²) in [4.78, 5) is 22.0. The minimum absolute atomic E-state index is 0.308. The number of pyridine rings is 1. The molecule has 2 heterocycles. The second kappa shape index (κ2) is 14.1. The normalized spacial score (nSPS) is 12.2. The maximum Gasteiger partial charge on any atom is 0.274 e. The summed E-state index contributed by atoms with van der Waals surface area (Å²) in [6, 6.07) is 17.2. The summed E-state index contributed by atoms with van der Waals surface area (Å²) in [5, 5.41) is 9.56. The Labute approximate surface area is 255 Å². The molecule has 43 heavy (non-hydrogen) atoms. The number of hydrogen-bond acceptors (Lipinski definition) is 8. The molecule has 3 N–H and O–H groups in total. The van der Waals surface area contributed by atoms with Crippen molar-refractivity contribution < 1.29 is 14.3 Å². The number of carbonyl (C=O) groups is 1. The molecule has 0 radical (unpaired) electrons. The molecule has 0 aliphatic carbocycles. The fourth-order valence-electron chi connectivity index (χ4n) is 4.70. The predicted molar refractivity (Wildman–Crippen MR) is 174 cm³/mol. The van der Waals surface area contributed by atoms with Crippen LogP contribution in [-0.2, 0) is 17.7 Å². The van der Waals surface area contributed by atoms with E-state index in [0.29, 0.717) is 29.5 Å². The van der Waals surface area contributed by atoms with Crippen LogP contribution in [0, 0.1) is 0 Å². The molecule has 0 unspecified atom stereocenters. The minimum atomic E-state index is -0.394. The SMILES string of the molecule is C=C(Nc1ccccc1NC(=O)c1ccc(CN(CCCN(C)C)C(=C)Nc2ccc3c(c2)CCO3)cn1)OC(C)(C)C. The third-order valence-corrected chi connectivity index (χ3v) is 6.70. The van der Waals surface area contributed by atoms with Crippen LogP contribution in [0.25, 0.3) is 0 Å². The van der Waals surface area contributed by atoms with Gasteiger partial charge in [0.1, 0.15) is 17.0 Å². The van der Waals surface area contributed by atoms with Crippen LogP contribution in [0.5, 0.6) is 5.75 Å². The first-order chi connectivity index (χ1) is 20.5. The van der Waals surface area contributed by atoms with Crippen molar-refractivity contribution in [3.8, 4) is 5.75 Å². The van der Waals surface area contributed by atoms with Gasteiger partial charge in [-0.15, -0.1) is 0 Å². The maximum absolute atomic E-state index is 13.1. The molecular weight excluding hydrogens is 540 g/mol. The number of anilines is 3. The number of fused-ring (bicyclic) bond motifs is 1. The number of rotatable bonds is 14. The van der Waals surface area contributed by atoms with Gasteiger partial charge in [0.25, 0.3) is 5.91 Å². The van der Waals surface area contributed by atoms with E-state index in [1.807, 2.05) is 63.2 Å². The highest BCUT2D eigenvalue weighted by Crippen LogP contribution is 2.29. The Morgan fingerprint density at radius 1 is 1.00 bits per heavy atom. The van der Waals surface area contributed by atoms with Crippen LogP contribution in [0.3, 0.4) is 0 Å². The summed E-state index contributed by atoms with van der Waals surface area (Å²) in [5.41, 5.74) is 4.37. The number of aromatic nitrogens is 1. The number of benzene rings is 2. The summed E-state index contributed by atoms with van der Waals surface area (Å²) in [7, 11) is 4.14. The van der Waals surface area contributed by atoms with E-state index in [2.05, 4.69) is 64.1 Å². The quantitative estimate of drug-likeness (QED) is 0.190. The van der Waals surface area contributed by atoms with Crippen LogP contribution < -0.4 is 20.7 Å². The molecule has 9 heteroatoms. The first-order valence-corrected chi connectivity index (χ1v) is 14.6. The largest absolute Gasteiger partial charge is 0.493 e. The highest BCUT2D eigenvalue weighted by atomic mass is 16.5. The molecule has 0 saturated carbocycles. The van der Waals surface area contributed by atoms with Crippen LogP contribution in [0.2, 0.25) is 0 Å². The number of amides is 1. The molecule has 1 aliphatic rings. The van der Waals surface area contributed by atoms with Crippen molar-refractivity contribution in [2.75, 3.05) is 49.7 Å². The van der Waals surface area contributed by atoms with E-state index in [4.69, 9.17) is 9.47 Å². The zero-order valence-corrected chi connectivity index (χ0v) is 26.0. The molecule has 1 aliphatic heterocycles. The van der Waals surface area contributed by atoms with Gasteiger partial charge in [-0.2, -0.15) is 0 Å². The van der Waals surface area contributed by atoms with Crippen LogP contribution in [0.1, 0.15) is 48.8 Å². The number of nitrogens with one attached hydrogen (secondary N) is 3. The van der Waals surface area contributed by atoms with E-state index in [1.54, 1.807) is 12.3 Å².